The molecule has 0 saturated carbocycles. The van der Waals surface area contributed by atoms with Crippen molar-refractivity contribution in [3.63, 3.8) is 0 Å². The van der Waals surface area contributed by atoms with Crippen LogP contribution in [0.3, 0.4) is 0 Å². The third-order valence-corrected chi connectivity index (χ3v) is 2.51. The Bertz CT molecular complexity index is 312. The lowest BCUT2D eigenvalue weighted by Gasteiger charge is -2.37. The van der Waals surface area contributed by atoms with Crippen LogP contribution < -0.4 is 10.6 Å². The molecule has 0 unspecified atom stereocenters. The minimum atomic E-state index is -0.642. The Morgan fingerprint density at radius 3 is 2.64 bits per heavy atom. The summed E-state index contributed by atoms with van der Waals surface area (Å²) in [6, 6.07) is 0. The second-order valence-corrected chi connectivity index (χ2v) is 4.32. The number of anilines is 1. The maximum absolute atomic E-state index is 9.74. The summed E-state index contributed by atoms with van der Waals surface area (Å²) in [4.78, 5) is 8.08. The van der Waals surface area contributed by atoms with Crippen molar-refractivity contribution in [3.05, 3.63) is 16.9 Å². The molecule has 6 heteroatoms. The standard InChI is InChI=1S/C8H11BrN4O/c9-6-1-11-7(12-2-6)13-5-8(14)3-10-4-8/h1-2,10,14H,3-5H2,(H,11,12,13). The number of aliphatic hydroxyl groups is 1. The first kappa shape index (κ1) is 9.82. The molecule has 0 amide bonds. The Morgan fingerprint density at radius 1 is 1.50 bits per heavy atom. The van der Waals surface area contributed by atoms with E-state index in [9.17, 15) is 5.11 Å². The zero-order valence-electron chi connectivity index (χ0n) is 7.50. The molecule has 1 aliphatic heterocycles. The normalized spacial score (nSPS) is 18.7. The minimum absolute atomic E-state index is 0.474. The topological polar surface area (TPSA) is 70.1 Å². The van der Waals surface area contributed by atoms with Crippen molar-refractivity contribution in [1.29, 1.82) is 0 Å². The van der Waals surface area contributed by atoms with Crippen molar-refractivity contribution < 1.29 is 5.11 Å². The SMILES string of the molecule is OC1(CNc2ncc(Br)cn2)CNC1. The summed E-state index contributed by atoms with van der Waals surface area (Å²) in [6.07, 6.45) is 3.33. The molecule has 2 heterocycles. The number of hydrogen-bond donors (Lipinski definition) is 3. The highest BCUT2D eigenvalue weighted by Gasteiger charge is 2.33. The van der Waals surface area contributed by atoms with Crippen molar-refractivity contribution in [2.75, 3.05) is 25.0 Å². The number of nitrogens with zero attached hydrogens (tertiary/aromatic N) is 2. The molecular formula is C8H11BrN4O. The zero-order valence-corrected chi connectivity index (χ0v) is 9.08. The van der Waals surface area contributed by atoms with Crippen LogP contribution >= 0.6 is 15.9 Å². The Kier molecular flexibility index (Phi) is 2.66. The van der Waals surface area contributed by atoms with Gasteiger partial charge in [-0.15, -0.1) is 0 Å². The van der Waals surface area contributed by atoms with Crippen molar-refractivity contribution >= 4 is 21.9 Å². The summed E-state index contributed by atoms with van der Waals surface area (Å²) < 4.78 is 0.840. The van der Waals surface area contributed by atoms with Crippen LogP contribution in [0.1, 0.15) is 0 Å². The van der Waals surface area contributed by atoms with Gasteiger partial charge in [-0.3, -0.25) is 0 Å². The van der Waals surface area contributed by atoms with Crippen LogP contribution in [0.25, 0.3) is 0 Å². The van der Waals surface area contributed by atoms with Gasteiger partial charge in [-0.2, -0.15) is 0 Å². The first-order valence-corrected chi connectivity index (χ1v) is 5.12. The molecule has 1 fully saturated rings. The van der Waals surface area contributed by atoms with Crippen LogP contribution in [0.5, 0.6) is 0 Å². The second kappa shape index (κ2) is 3.80. The molecule has 3 N–H and O–H groups in total. The molecule has 1 saturated heterocycles. The van der Waals surface area contributed by atoms with E-state index in [2.05, 4.69) is 36.5 Å². The Morgan fingerprint density at radius 2 is 2.14 bits per heavy atom. The second-order valence-electron chi connectivity index (χ2n) is 3.41. The van der Waals surface area contributed by atoms with Gasteiger partial charge in [0.1, 0.15) is 5.60 Å². The van der Waals surface area contributed by atoms with Crippen LogP contribution in [0.2, 0.25) is 0 Å². The molecule has 1 aliphatic rings. The Hall–Kier alpha value is -0.720. The lowest BCUT2D eigenvalue weighted by Crippen LogP contribution is -2.63. The number of halogens is 1. The summed E-state index contributed by atoms with van der Waals surface area (Å²) >= 11 is 3.25. The molecule has 76 valence electrons. The smallest absolute Gasteiger partial charge is 0.222 e. The third kappa shape index (κ3) is 2.20. The van der Waals surface area contributed by atoms with Crippen molar-refractivity contribution in [2.45, 2.75) is 5.60 Å². The van der Waals surface area contributed by atoms with Crippen molar-refractivity contribution in [1.82, 2.24) is 15.3 Å². The zero-order chi connectivity index (χ0) is 10.0. The number of nitrogens with one attached hydrogen (secondary N) is 2. The summed E-state index contributed by atoms with van der Waals surface area (Å²) in [5.41, 5.74) is -0.642. The van der Waals surface area contributed by atoms with Gasteiger partial charge in [-0.25, -0.2) is 9.97 Å². The van der Waals surface area contributed by atoms with E-state index in [4.69, 9.17) is 0 Å². The largest absolute Gasteiger partial charge is 0.385 e. The fraction of sp³-hybridized carbons (Fsp3) is 0.500. The number of β-amino-alcohol motifs (C(OH)–C–C–N with tert-alkyl or cyclic N) is 1. The van der Waals surface area contributed by atoms with E-state index >= 15 is 0 Å². The van der Waals surface area contributed by atoms with E-state index in [1.54, 1.807) is 12.4 Å². The molecule has 0 aliphatic carbocycles. The molecule has 2 rings (SSSR count). The molecule has 5 nitrogen and oxygen atoms in total. The lowest BCUT2D eigenvalue weighted by atomic mass is 9.98. The highest BCUT2D eigenvalue weighted by atomic mass is 79.9. The molecular weight excluding hydrogens is 248 g/mol. The first-order valence-electron chi connectivity index (χ1n) is 4.32. The van der Waals surface area contributed by atoms with Crippen LogP contribution in [0.15, 0.2) is 16.9 Å². The molecule has 1 aromatic heterocycles. The van der Waals surface area contributed by atoms with Gasteiger partial charge in [0.2, 0.25) is 5.95 Å². The summed E-state index contributed by atoms with van der Waals surface area (Å²) in [7, 11) is 0. The minimum Gasteiger partial charge on any atom is -0.385 e. The predicted octanol–water partition coefficient (Wildman–Crippen LogP) is -0.0147. The first-order chi connectivity index (χ1) is 6.68. The molecule has 0 bridgehead atoms. The van der Waals surface area contributed by atoms with Crippen molar-refractivity contribution in [2.24, 2.45) is 0 Å². The van der Waals surface area contributed by atoms with Crippen LogP contribution in [-0.4, -0.2) is 40.3 Å². The van der Waals surface area contributed by atoms with E-state index < -0.39 is 5.60 Å². The van der Waals surface area contributed by atoms with Crippen LogP contribution in [-0.2, 0) is 0 Å². The van der Waals surface area contributed by atoms with E-state index in [0.717, 1.165) is 4.47 Å². The van der Waals surface area contributed by atoms with Gasteiger partial charge in [0, 0.05) is 32.0 Å². The van der Waals surface area contributed by atoms with E-state index in [0.29, 0.717) is 25.6 Å². The number of aromatic nitrogens is 2. The van der Waals surface area contributed by atoms with Gasteiger partial charge in [0.25, 0.3) is 0 Å². The van der Waals surface area contributed by atoms with Gasteiger partial charge >= 0.3 is 0 Å². The highest BCUT2D eigenvalue weighted by Crippen LogP contribution is 2.11. The molecule has 0 radical (unpaired) electrons. The monoisotopic (exact) mass is 258 g/mol. The summed E-state index contributed by atoms with van der Waals surface area (Å²) in [6.45, 7) is 1.72. The van der Waals surface area contributed by atoms with Gasteiger partial charge < -0.3 is 15.7 Å². The van der Waals surface area contributed by atoms with Crippen LogP contribution in [0.4, 0.5) is 5.95 Å². The lowest BCUT2D eigenvalue weighted by molar-refractivity contribution is 0.00299. The van der Waals surface area contributed by atoms with E-state index in [1.807, 2.05) is 0 Å². The van der Waals surface area contributed by atoms with E-state index in [-0.39, 0.29) is 0 Å². The molecule has 1 aromatic rings. The highest BCUT2D eigenvalue weighted by molar-refractivity contribution is 9.10. The average molecular weight is 259 g/mol. The quantitative estimate of drug-likeness (QED) is 0.712. The molecule has 14 heavy (non-hydrogen) atoms. The maximum Gasteiger partial charge on any atom is 0.222 e. The number of hydrogen-bond acceptors (Lipinski definition) is 5. The fourth-order valence-corrected chi connectivity index (χ4v) is 1.39. The fourth-order valence-electron chi connectivity index (χ4n) is 1.19. The molecule has 0 aromatic carbocycles. The van der Waals surface area contributed by atoms with Crippen LogP contribution in [0, 0.1) is 0 Å². The van der Waals surface area contributed by atoms with Gasteiger partial charge in [0.05, 0.1) is 4.47 Å². The summed E-state index contributed by atoms with van der Waals surface area (Å²) in [5.74, 6) is 0.536. The third-order valence-electron chi connectivity index (χ3n) is 2.10. The summed E-state index contributed by atoms with van der Waals surface area (Å²) in [5, 5.41) is 15.7. The predicted molar refractivity (Wildman–Crippen MR) is 56.0 cm³/mol. The van der Waals surface area contributed by atoms with Gasteiger partial charge in [-0.1, -0.05) is 0 Å². The Labute approximate surface area is 90.1 Å². The average Bonchev–Trinajstić information content (AvgIpc) is 2.14. The van der Waals surface area contributed by atoms with Crippen molar-refractivity contribution in [3.8, 4) is 0 Å². The van der Waals surface area contributed by atoms with Gasteiger partial charge in [0.15, 0.2) is 0 Å². The molecule has 0 spiro atoms. The maximum atomic E-state index is 9.74. The van der Waals surface area contributed by atoms with Gasteiger partial charge in [-0.05, 0) is 15.9 Å². The van der Waals surface area contributed by atoms with E-state index in [1.165, 1.54) is 0 Å². The number of rotatable bonds is 3. The molecule has 0 atom stereocenters. The Balaban J connectivity index is 1.88.